The van der Waals surface area contributed by atoms with Gasteiger partial charge in [-0.15, -0.1) is 0 Å². The first-order chi connectivity index (χ1) is 6.25. The van der Waals surface area contributed by atoms with E-state index in [1.807, 2.05) is 0 Å². The average molecular weight is 284 g/mol. The Morgan fingerprint density at radius 1 is 1.31 bits per heavy atom. The third-order valence-electron chi connectivity index (χ3n) is 3.22. The van der Waals surface area contributed by atoms with Crippen LogP contribution in [-0.4, -0.2) is 5.78 Å². The van der Waals surface area contributed by atoms with Crippen LogP contribution in [0.4, 0.5) is 0 Å². The van der Waals surface area contributed by atoms with E-state index in [0.717, 1.165) is 12.8 Å². The molecule has 0 saturated heterocycles. The molecule has 13 heavy (non-hydrogen) atoms. The monoisotopic (exact) mass is 284 g/mol. The highest BCUT2D eigenvalue weighted by Crippen LogP contribution is 2.51. The zero-order valence-corrected chi connectivity index (χ0v) is 9.24. The lowest BCUT2D eigenvalue weighted by Crippen LogP contribution is -2.09. The van der Waals surface area contributed by atoms with Crippen LogP contribution in [-0.2, 0) is 4.79 Å². The SMILES string of the molecule is O=C1C[C@@H]2C[C@@H]1c1cc(I)ccc12. The maximum Gasteiger partial charge on any atom is 0.140 e. The number of rotatable bonds is 0. The number of carbonyl (C=O) groups is 1. The molecule has 0 radical (unpaired) electrons. The molecule has 0 spiro atoms. The van der Waals surface area contributed by atoms with Gasteiger partial charge in [0, 0.05) is 15.9 Å². The number of hydrogen-bond donors (Lipinski definition) is 0. The highest BCUT2D eigenvalue weighted by molar-refractivity contribution is 14.1. The Morgan fingerprint density at radius 3 is 3.00 bits per heavy atom. The van der Waals surface area contributed by atoms with Gasteiger partial charge in [0.25, 0.3) is 0 Å². The van der Waals surface area contributed by atoms with Crippen LogP contribution in [0.3, 0.4) is 0 Å². The van der Waals surface area contributed by atoms with Crippen LogP contribution in [0.1, 0.15) is 35.8 Å². The lowest BCUT2D eigenvalue weighted by atomic mass is 9.91. The first-order valence-corrected chi connectivity index (χ1v) is 5.65. The molecule has 2 bridgehead atoms. The van der Waals surface area contributed by atoms with Crippen LogP contribution >= 0.6 is 22.6 Å². The van der Waals surface area contributed by atoms with E-state index < -0.39 is 0 Å². The van der Waals surface area contributed by atoms with E-state index in [0.29, 0.717) is 11.7 Å². The molecule has 0 amide bonds. The summed E-state index contributed by atoms with van der Waals surface area (Å²) in [6.07, 6.45) is 1.87. The van der Waals surface area contributed by atoms with Gasteiger partial charge in [-0.2, -0.15) is 0 Å². The Hall–Kier alpha value is -0.380. The molecule has 2 heteroatoms. The molecule has 2 aliphatic rings. The first kappa shape index (κ1) is 7.97. The van der Waals surface area contributed by atoms with Gasteiger partial charge in [-0.05, 0) is 58.2 Å². The van der Waals surface area contributed by atoms with Crippen LogP contribution in [0, 0.1) is 3.57 Å². The number of ketones is 1. The van der Waals surface area contributed by atoms with E-state index in [-0.39, 0.29) is 5.92 Å². The highest BCUT2D eigenvalue weighted by atomic mass is 127. The summed E-state index contributed by atoms with van der Waals surface area (Å²) < 4.78 is 1.25. The lowest BCUT2D eigenvalue weighted by Gasteiger charge is -2.13. The van der Waals surface area contributed by atoms with Gasteiger partial charge in [0.2, 0.25) is 0 Å². The fraction of sp³-hybridized carbons (Fsp3) is 0.364. The minimum Gasteiger partial charge on any atom is -0.299 e. The molecule has 66 valence electrons. The van der Waals surface area contributed by atoms with E-state index in [9.17, 15) is 4.79 Å². The van der Waals surface area contributed by atoms with Crippen molar-refractivity contribution in [2.24, 2.45) is 0 Å². The van der Waals surface area contributed by atoms with E-state index in [2.05, 4.69) is 40.8 Å². The summed E-state index contributed by atoms with van der Waals surface area (Å²) in [5, 5.41) is 0. The summed E-state index contributed by atoms with van der Waals surface area (Å²) in [5.74, 6) is 1.25. The number of Topliss-reactive ketones (excluding diaryl/α,β-unsaturated/α-hetero) is 1. The molecule has 0 aliphatic heterocycles. The van der Waals surface area contributed by atoms with Gasteiger partial charge in [0.1, 0.15) is 5.78 Å². The van der Waals surface area contributed by atoms with E-state index in [4.69, 9.17) is 0 Å². The highest BCUT2D eigenvalue weighted by Gasteiger charge is 2.42. The van der Waals surface area contributed by atoms with Crippen molar-refractivity contribution in [3.63, 3.8) is 0 Å². The topological polar surface area (TPSA) is 17.1 Å². The fourth-order valence-electron chi connectivity index (χ4n) is 2.64. The second-order valence-electron chi connectivity index (χ2n) is 3.93. The molecule has 0 aromatic heterocycles. The lowest BCUT2D eigenvalue weighted by molar-refractivity contribution is -0.118. The summed E-state index contributed by atoms with van der Waals surface area (Å²) in [6, 6.07) is 6.52. The van der Waals surface area contributed by atoms with Crippen LogP contribution in [0.2, 0.25) is 0 Å². The summed E-state index contributed by atoms with van der Waals surface area (Å²) in [7, 11) is 0. The second kappa shape index (κ2) is 2.56. The van der Waals surface area contributed by atoms with E-state index in [1.54, 1.807) is 0 Å². The molecule has 0 heterocycles. The van der Waals surface area contributed by atoms with Crippen molar-refractivity contribution in [1.82, 2.24) is 0 Å². The molecule has 1 saturated carbocycles. The van der Waals surface area contributed by atoms with Crippen molar-refractivity contribution in [3.8, 4) is 0 Å². The van der Waals surface area contributed by atoms with Gasteiger partial charge in [-0.1, -0.05) is 6.07 Å². The number of halogens is 1. The normalized spacial score (nSPS) is 29.5. The maximum atomic E-state index is 11.5. The predicted octanol–water partition coefficient (Wildman–Crippen LogP) is 2.83. The van der Waals surface area contributed by atoms with Crippen molar-refractivity contribution >= 4 is 28.4 Å². The Labute approximate surface area is 90.7 Å². The number of fused-ring (bicyclic) bond motifs is 5. The quantitative estimate of drug-likeness (QED) is 0.669. The van der Waals surface area contributed by atoms with Gasteiger partial charge in [0.15, 0.2) is 0 Å². The first-order valence-electron chi connectivity index (χ1n) is 4.58. The minimum atomic E-state index is 0.245. The Kier molecular flexibility index (Phi) is 1.57. The molecule has 2 aliphatic carbocycles. The smallest absolute Gasteiger partial charge is 0.140 e. The fourth-order valence-corrected chi connectivity index (χ4v) is 3.16. The third kappa shape index (κ3) is 1.01. The second-order valence-corrected chi connectivity index (χ2v) is 5.17. The molecule has 3 rings (SSSR count). The molecular weight excluding hydrogens is 275 g/mol. The Balaban J connectivity index is 2.21. The van der Waals surface area contributed by atoms with Crippen molar-refractivity contribution in [1.29, 1.82) is 0 Å². The van der Waals surface area contributed by atoms with Crippen LogP contribution in [0.25, 0.3) is 0 Å². The molecule has 0 unspecified atom stereocenters. The molecule has 1 aromatic carbocycles. The Bertz CT molecular complexity index is 397. The summed E-state index contributed by atoms with van der Waals surface area (Å²) >= 11 is 2.31. The van der Waals surface area contributed by atoms with Gasteiger partial charge in [-0.3, -0.25) is 4.79 Å². The van der Waals surface area contributed by atoms with Crippen molar-refractivity contribution in [2.45, 2.75) is 24.7 Å². The van der Waals surface area contributed by atoms with E-state index in [1.165, 1.54) is 14.7 Å². The van der Waals surface area contributed by atoms with Gasteiger partial charge >= 0.3 is 0 Å². The van der Waals surface area contributed by atoms with Crippen molar-refractivity contribution in [2.75, 3.05) is 0 Å². The largest absolute Gasteiger partial charge is 0.299 e. The van der Waals surface area contributed by atoms with Crippen molar-refractivity contribution in [3.05, 3.63) is 32.9 Å². The van der Waals surface area contributed by atoms with E-state index >= 15 is 0 Å². The Morgan fingerprint density at radius 2 is 2.15 bits per heavy atom. The molecular formula is C11H9IO. The summed E-state index contributed by atoms with van der Waals surface area (Å²) in [4.78, 5) is 11.5. The maximum absolute atomic E-state index is 11.5. The number of carbonyl (C=O) groups excluding carboxylic acids is 1. The standard InChI is InChI=1S/C11H9IO/c12-7-1-2-8-6-3-10(9(8)5-7)11(13)4-6/h1-2,5-6,10H,3-4H2/t6-,10+/m0/s1. The molecule has 1 aromatic rings. The predicted molar refractivity (Wildman–Crippen MR) is 58.9 cm³/mol. The van der Waals surface area contributed by atoms with Gasteiger partial charge in [0.05, 0.1) is 0 Å². The van der Waals surface area contributed by atoms with Gasteiger partial charge < -0.3 is 0 Å². The third-order valence-corrected chi connectivity index (χ3v) is 3.89. The van der Waals surface area contributed by atoms with Crippen LogP contribution in [0.15, 0.2) is 18.2 Å². The molecule has 0 N–H and O–H groups in total. The average Bonchev–Trinajstić information content (AvgIpc) is 2.60. The zero-order valence-electron chi connectivity index (χ0n) is 7.09. The van der Waals surface area contributed by atoms with Crippen LogP contribution < -0.4 is 0 Å². The zero-order chi connectivity index (χ0) is 9.00. The van der Waals surface area contributed by atoms with Crippen LogP contribution in [0.5, 0.6) is 0 Å². The number of benzene rings is 1. The summed E-state index contributed by atoms with van der Waals surface area (Å²) in [6.45, 7) is 0. The number of hydrogen-bond acceptors (Lipinski definition) is 1. The van der Waals surface area contributed by atoms with Crippen molar-refractivity contribution < 1.29 is 4.79 Å². The molecule has 1 nitrogen and oxygen atoms in total. The molecule has 2 atom stereocenters. The van der Waals surface area contributed by atoms with Gasteiger partial charge in [-0.25, -0.2) is 0 Å². The summed E-state index contributed by atoms with van der Waals surface area (Å²) in [5.41, 5.74) is 2.75. The minimum absolute atomic E-state index is 0.245. The molecule has 1 fully saturated rings.